The van der Waals surface area contributed by atoms with Gasteiger partial charge in [-0.2, -0.15) is 0 Å². The average molecular weight is 629 g/mol. The highest BCUT2D eigenvalue weighted by molar-refractivity contribution is 5.94. The number of aromatic carboxylic acids is 1. The second-order valence-electron chi connectivity index (χ2n) is 14.0. The highest BCUT2D eigenvalue weighted by atomic mass is 16.6. The molecular formula is C36H52O9. The van der Waals surface area contributed by atoms with Crippen molar-refractivity contribution in [3.05, 3.63) is 70.8 Å². The molecule has 2 aromatic rings. The van der Waals surface area contributed by atoms with Crippen molar-refractivity contribution in [3.8, 4) is 0 Å². The van der Waals surface area contributed by atoms with Gasteiger partial charge in [0.05, 0.1) is 34.5 Å². The van der Waals surface area contributed by atoms with Crippen LogP contribution in [-0.4, -0.2) is 58.5 Å². The van der Waals surface area contributed by atoms with Gasteiger partial charge >= 0.3 is 23.9 Å². The fourth-order valence-electron chi connectivity index (χ4n) is 3.68. The molecule has 250 valence electrons. The summed E-state index contributed by atoms with van der Waals surface area (Å²) in [5.41, 5.74) is -0.123. The summed E-state index contributed by atoms with van der Waals surface area (Å²) < 4.78 is 21.9. The molecule has 0 radical (unpaired) electrons. The smallest absolute Gasteiger partial charge is 0.338 e. The highest BCUT2D eigenvalue weighted by Gasteiger charge is 2.25. The van der Waals surface area contributed by atoms with E-state index in [1.54, 1.807) is 24.3 Å². The molecule has 0 aliphatic carbocycles. The third-order valence-electron chi connectivity index (χ3n) is 6.82. The first kappa shape index (κ1) is 39.3. The van der Waals surface area contributed by atoms with Gasteiger partial charge in [0.15, 0.2) is 0 Å². The van der Waals surface area contributed by atoms with Gasteiger partial charge in [0.25, 0.3) is 0 Å². The molecule has 2 rings (SSSR count). The van der Waals surface area contributed by atoms with Crippen LogP contribution in [0.5, 0.6) is 0 Å². The Morgan fingerprint density at radius 1 is 0.622 bits per heavy atom. The van der Waals surface area contributed by atoms with Crippen molar-refractivity contribution >= 4 is 23.9 Å². The number of hydrogen-bond donors (Lipinski definition) is 1. The average Bonchev–Trinajstić information content (AvgIpc) is 2.90. The zero-order chi connectivity index (χ0) is 34.8. The van der Waals surface area contributed by atoms with Crippen LogP contribution in [0.3, 0.4) is 0 Å². The number of rotatable bonds is 11. The first-order valence-corrected chi connectivity index (χ1v) is 15.3. The molecule has 45 heavy (non-hydrogen) atoms. The predicted octanol–water partition coefficient (Wildman–Crippen LogP) is 8.00. The summed E-state index contributed by atoms with van der Waals surface area (Å²) in [6.45, 7) is 23.6. The van der Waals surface area contributed by atoms with Crippen LogP contribution >= 0.6 is 0 Å². The Morgan fingerprint density at radius 3 is 1.40 bits per heavy atom. The zero-order valence-corrected chi connectivity index (χ0v) is 29.0. The molecule has 2 atom stereocenters. The van der Waals surface area contributed by atoms with E-state index in [4.69, 9.17) is 24.1 Å². The summed E-state index contributed by atoms with van der Waals surface area (Å²) in [4.78, 5) is 47.0. The summed E-state index contributed by atoms with van der Waals surface area (Å²) in [5.74, 6) is -1.57. The van der Waals surface area contributed by atoms with Gasteiger partial charge < -0.3 is 24.1 Å². The second-order valence-corrected chi connectivity index (χ2v) is 14.0. The van der Waals surface area contributed by atoms with Gasteiger partial charge in [-0.3, -0.25) is 0 Å². The van der Waals surface area contributed by atoms with Crippen LogP contribution in [0.2, 0.25) is 0 Å². The van der Waals surface area contributed by atoms with Gasteiger partial charge in [0.2, 0.25) is 0 Å². The minimum absolute atomic E-state index is 0.134. The van der Waals surface area contributed by atoms with E-state index in [0.29, 0.717) is 35.6 Å². The molecule has 0 aliphatic heterocycles. The maximum Gasteiger partial charge on any atom is 0.338 e. The van der Waals surface area contributed by atoms with Gasteiger partial charge in [0, 0.05) is 6.42 Å². The Labute approximate surface area is 268 Å². The summed E-state index contributed by atoms with van der Waals surface area (Å²) in [7, 11) is 0. The molecule has 2 unspecified atom stereocenters. The maximum absolute atomic E-state index is 12.2. The molecule has 9 heteroatoms. The van der Waals surface area contributed by atoms with Gasteiger partial charge in [-0.15, -0.1) is 0 Å². The molecule has 0 aromatic heterocycles. The van der Waals surface area contributed by atoms with Crippen molar-refractivity contribution in [3.63, 3.8) is 0 Å². The molecule has 2 aromatic carbocycles. The standard InChI is InChI=1S/C19H28O4.C17H24O5/c1-12(2)13(3)14(4)22-17(20)15-8-10-16(11-9-15)18(21)23-19(5,6)7;1-16(2,3)21-11-10-17(4,5)22-15(20)13-8-6-12(7-9-13)14(18)19/h8-14H,1-7H3;6-9H,10-11H2,1-5H3,(H,18,19). The summed E-state index contributed by atoms with van der Waals surface area (Å²) in [6.07, 6.45) is 0.413. The lowest BCUT2D eigenvalue weighted by Gasteiger charge is -2.27. The van der Waals surface area contributed by atoms with E-state index in [9.17, 15) is 19.2 Å². The fourth-order valence-corrected chi connectivity index (χ4v) is 3.68. The van der Waals surface area contributed by atoms with Crippen molar-refractivity contribution < 1.29 is 43.2 Å². The SMILES string of the molecule is CC(C)(C)OCCC(C)(C)OC(=O)c1ccc(C(=O)O)cc1.CC(C)C(C)C(C)OC(=O)c1ccc(C(=O)OC(C)(C)C)cc1. The van der Waals surface area contributed by atoms with Crippen molar-refractivity contribution in [2.75, 3.05) is 6.61 Å². The minimum Gasteiger partial charge on any atom is -0.478 e. The number of ether oxygens (including phenoxy) is 4. The third-order valence-corrected chi connectivity index (χ3v) is 6.82. The monoisotopic (exact) mass is 628 g/mol. The molecule has 0 aliphatic rings. The van der Waals surface area contributed by atoms with Crippen LogP contribution in [0.15, 0.2) is 48.5 Å². The molecule has 0 fully saturated rings. The van der Waals surface area contributed by atoms with Crippen LogP contribution < -0.4 is 0 Å². The molecule has 0 saturated heterocycles. The Kier molecular flexibility index (Phi) is 14.5. The Bertz CT molecular complexity index is 1260. The number of carbonyl (C=O) groups is 4. The first-order valence-electron chi connectivity index (χ1n) is 15.3. The molecule has 9 nitrogen and oxygen atoms in total. The van der Waals surface area contributed by atoms with Crippen LogP contribution in [0.1, 0.15) is 131 Å². The van der Waals surface area contributed by atoms with E-state index in [2.05, 4.69) is 20.8 Å². The number of benzene rings is 2. The second kappa shape index (κ2) is 16.5. The topological polar surface area (TPSA) is 125 Å². The largest absolute Gasteiger partial charge is 0.478 e. The molecule has 0 heterocycles. The van der Waals surface area contributed by atoms with Crippen molar-refractivity contribution in [2.24, 2.45) is 11.8 Å². The lowest BCUT2D eigenvalue weighted by molar-refractivity contribution is -0.0475. The molecule has 0 spiro atoms. The normalized spacial score (nSPS) is 13.2. The van der Waals surface area contributed by atoms with Crippen LogP contribution in [0.4, 0.5) is 0 Å². The van der Waals surface area contributed by atoms with E-state index in [-0.39, 0.29) is 29.2 Å². The fraction of sp³-hybridized carbons (Fsp3) is 0.556. The summed E-state index contributed by atoms with van der Waals surface area (Å²) in [5, 5.41) is 8.83. The number of carbonyl (C=O) groups excluding carboxylic acids is 3. The number of carboxylic acid groups (broad SMARTS) is 1. The number of carboxylic acids is 1. The maximum atomic E-state index is 12.2. The quantitative estimate of drug-likeness (QED) is 0.195. The Balaban J connectivity index is 0.000000450. The van der Waals surface area contributed by atoms with Crippen LogP contribution in [-0.2, 0) is 18.9 Å². The van der Waals surface area contributed by atoms with Gasteiger partial charge in [-0.1, -0.05) is 20.8 Å². The van der Waals surface area contributed by atoms with Gasteiger partial charge in [-0.05, 0) is 123 Å². The predicted molar refractivity (Wildman–Crippen MR) is 174 cm³/mol. The Hall–Kier alpha value is -3.72. The number of hydrogen-bond acceptors (Lipinski definition) is 8. The van der Waals surface area contributed by atoms with Crippen molar-refractivity contribution in [1.82, 2.24) is 0 Å². The van der Waals surface area contributed by atoms with E-state index >= 15 is 0 Å². The van der Waals surface area contributed by atoms with Crippen molar-refractivity contribution in [2.45, 2.75) is 112 Å². The van der Waals surface area contributed by atoms with Crippen LogP contribution in [0.25, 0.3) is 0 Å². The van der Waals surface area contributed by atoms with E-state index in [0.717, 1.165) is 0 Å². The molecule has 0 bridgehead atoms. The van der Waals surface area contributed by atoms with E-state index in [1.165, 1.54) is 24.3 Å². The van der Waals surface area contributed by atoms with Crippen molar-refractivity contribution in [1.29, 1.82) is 0 Å². The molecule has 0 amide bonds. The van der Waals surface area contributed by atoms with Gasteiger partial charge in [-0.25, -0.2) is 19.2 Å². The summed E-state index contributed by atoms with van der Waals surface area (Å²) in [6, 6.07) is 12.0. The lowest BCUT2D eigenvalue weighted by atomic mass is 9.93. The van der Waals surface area contributed by atoms with E-state index < -0.39 is 29.1 Å². The zero-order valence-electron chi connectivity index (χ0n) is 29.0. The van der Waals surface area contributed by atoms with E-state index in [1.807, 2.05) is 62.3 Å². The van der Waals surface area contributed by atoms with Gasteiger partial charge in [0.1, 0.15) is 17.3 Å². The molecule has 0 saturated carbocycles. The highest BCUT2D eigenvalue weighted by Crippen LogP contribution is 2.21. The summed E-state index contributed by atoms with van der Waals surface area (Å²) >= 11 is 0. The minimum atomic E-state index is -1.03. The molecular weight excluding hydrogens is 576 g/mol. The first-order chi connectivity index (χ1) is 20.5. The molecule has 1 N–H and O–H groups in total. The lowest BCUT2D eigenvalue weighted by Crippen LogP contribution is -2.31. The Morgan fingerprint density at radius 2 is 1.02 bits per heavy atom. The number of esters is 3. The van der Waals surface area contributed by atoms with Crippen LogP contribution in [0, 0.1) is 11.8 Å². The third kappa shape index (κ3) is 15.2.